The number of hydrogen-bond acceptors (Lipinski definition) is 1. The Kier molecular flexibility index (Phi) is 4.89. The van der Waals surface area contributed by atoms with E-state index in [1.54, 1.807) is 0 Å². The van der Waals surface area contributed by atoms with Crippen molar-refractivity contribution in [2.75, 3.05) is 0 Å². The summed E-state index contributed by atoms with van der Waals surface area (Å²) in [4.78, 5) is 12.6. The molecule has 0 unspecified atom stereocenters. The molecule has 0 aliphatic carbocycles. The SMILES string of the molecule is O=C(NCc1ccccc1)c1ccccc1-c1ccccc1Br. The Morgan fingerprint density at radius 1 is 0.783 bits per heavy atom. The molecule has 3 heteroatoms. The molecule has 3 rings (SSSR count). The van der Waals surface area contributed by atoms with Gasteiger partial charge in [-0.2, -0.15) is 0 Å². The number of benzene rings is 3. The molecule has 3 aromatic carbocycles. The van der Waals surface area contributed by atoms with Crippen LogP contribution in [0.5, 0.6) is 0 Å². The summed E-state index contributed by atoms with van der Waals surface area (Å²) < 4.78 is 0.975. The van der Waals surface area contributed by atoms with Gasteiger partial charge in [0.15, 0.2) is 0 Å². The van der Waals surface area contributed by atoms with Crippen LogP contribution in [0.15, 0.2) is 83.3 Å². The standard InChI is InChI=1S/C20H16BrNO/c21-19-13-7-6-11-17(19)16-10-4-5-12-18(16)20(23)22-14-15-8-2-1-3-9-15/h1-13H,14H2,(H,22,23). The molecular formula is C20H16BrNO. The summed E-state index contributed by atoms with van der Waals surface area (Å²) in [7, 11) is 0. The summed E-state index contributed by atoms with van der Waals surface area (Å²) in [5.74, 6) is -0.0693. The van der Waals surface area contributed by atoms with Gasteiger partial charge in [0.1, 0.15) is 0 Å². The Labute approximate surface area is 144 Å². The van der Waals surface area contributed by atoms with Gasteiger partial charge in [0, 0.05) is 16.6 Å². The van der Waals surface area contributed by atoms with Gasteiger partial charge in [-0.3, -0.25) is 4.79 Å². The van der Waals surface area contributed by atoms with Gasteiger partial charge in [-0.15, -0.1) is 0 Å². The van der Waals surface area contributed by atoms with Crippen molar-refractivity contribution in [2.45, 2.75) is 6.54 Å². The van der Waals surface area contributed by atoms with Crippen LogP contribution in [0.2, 0.25) is 0 Å². The van der Waals surface area contributed by atoms with Crippen molar-refractivity contribution in [1.29, 1.82) is 0 Å². The summed E-state index contributed by atoms with van der Waals surface area (Å²) >= 11 is 3.56. The second kappa shape index (κ2) is 7.25. The second-order valence-corrected chi connectivity index (χ2v) is 6.05. The maximum atomic E-state index is 12.6. The molecule has 0 aliphatic heterocycles. The van der Waals surface area contributed by atoms with Gasteiger partial charge in [-0.25, -0.2) is 0 Å². The Hall–Kier alpha value is -2.39. The summed E-state index contributed by atoms with van der Waals surface area (Å²) in [5.41, 5.74) is 3.69. The maximum absolute atomic E-state index is 12.6. The zero-order valence-corrected chi connectivity index (χ0v) is 14.1. The monoisotopic (exact) mass is 365 g/mol. The zero-order valence-electron chi connectivity index (χ0n) is 12.5. The number of nitrogens with one attached hydrogen (secondary N) is 1. The van der Waals surface area contributed by atoms with Gasteiger partial charge >= 0.3 is 0 Å². The molecule has 2 nitrogen and oxygen atoms in total. The molecule has 0 aliphatic rings. The van der Waals surface area contributed by atoms with Crippen LogP contribution < -0.4 is 5.32 Å². The van der Waals surface area contributed by atoms with Crippen molar-refractivity contribution < 1.29 is 4.79 Å². The fourth-order valence-electron chi connectivity index (χ4n) is 2.47. The normalized spacial score (nSPS) is 10.3. The Balaban J connectivity index is 1.86. The van der Waals surface area contributed by atoms with E-state index < -0.39 is 0 Å². The van der Waals surface area contributed by atoms with Crippen LogP contribution in [0.1, 0.15) is 15.9 Å². The zero-order chi connectivity index (χ0) is 16.1. The van der Waals surface area contributed by atoms with Gasteiger partial charge in [-0.1, -0.05) is 82.7 Å². The summed E-state index contributed by atoms with van der Waals surface area (Å²) in [6.45, 7) is 0.518. The summed E-state index contributed by atoms with van der Waals surface area (Å²) in [6, 6.07) is 25.5. The number of rotatable bonds is 4. The average Bonchev–Trinajstić information content (AvgIpc) is 2.61. The Bertz CT molecular complexity index is 815. The molecule has 3 aromatic rings. The molecule has 0 atom stereocenters. The molecule has 23 heavy (non-hydrogen) atoms. The van der Waals surface area contributed by atoms with Crippen LogP contribution in [-0.2, 0) is 6.54 Å². The molecular weight excluding hydrogens is 350 g/mol. The molecule has 0 spiro atoms. The van der Waals surface area contributed by atoms with Crippen LogP contribution in [0.4, 0.5) is 0 Å². The highest BCUT2D eigenvalue weighted by Gasteiger charge is 2.13. The lowest BCUT2D eigenvalue weighted by Gasteiger charge is -2.11. The smallest absolute Gasteiger partial charge is 0.252 e. The van der Waals surface area contributed by atoms with E-state index in [0.29, 0.717) is 12.1 Å². The lowest BCUT2D eigenvalue weighted by molar-refractivity contribution is 0.0951. The van der Waals surface area contributed by atoms with Gasteiger partial charge in [0.25, 0.3) is 5.91 Å². The number of carbonyl (C=O) groups excluding carboxylic acids is 1. The number of hydrogen-bond donors (Lipinski definition) is 1. The molecule has 0 saturated carbocycles. The first-order valence-corrected chi connectivity index (χ1v) is 8.21. The molecule has 114 valence electrons. The van der Waals surface area contributed by atoms with Crippen molar-refractivity contribution in [1.82, 2.24) is 5.32 Å². The van der Waals surface area contributed by atoms with Crippen LogP contribution in [0.25, 0.3) is 11.1 Å². The maximum Gasteiger partial charge on any atom is 0.252 e. The molecule has 0 fully saturated rings. The summed E-state index contributed by atoms with van der Waals surface area (Å²) in [5, 5.41) is 2.99. The third kappa shape index (κ3) is 3.69. The van der Waals surface area contributed by atoms with Crippen LogP contribution in [-0.4, -0.2) is 5.91 Å². The first-order chi connectivity index (χ1) is 11.3. The van der Waals surface area contributed by atoms with Gasteiger partial charge in [0.05, 0.1) is 0 Å². The highest BCUT2D eigenvalue weighted by Crippen LogP contribution is 2.30. The quantitative estimate of drug-likeness (QED) is 0.688. The molecule has 0 bridgehead atoms. The predicted molar refractivity (Wildman–Crippen MR) is 97.2 cm³/mol. The lowest BCUT2D eigenvalue weighted by atomic mass is 9.99. The minimum absolute atomic E-state index is 0.0693. The van der Waals surface area contributed by atoms with E-state index in [0.717, 1.165) is 21.2 Å². The van der Waals surface area contributed by atoms with E-state index >= 15 is 0 Å². The van der Waals surface area contributed by atoms with E-state index in [1.807, 2.05) is 78.9 Å². The third-order valence-corrected chi connectivity index (χ3v) is 4.32. The highest BCUT2D eigenvalue weighted by molar-refractivity contribution is 9.10. The Morgan fingerprint density at radius 3 is 2.13 bits per heavy atom. The van der Waals surface area contributed by atoms with Crippen LogP contribution in [0, 0.1) is 0 Å². The molecule has 0 aromatic heterocycles. The van der Waals surface area contributed by atoms with E-state index in [1.165, 1.54) is 0 Å². The van der Waals surface area contributed by atoms with Crippen molar-refractivity contribution in [3.63, 3.8) is 0 Å². The minimum atomic E-state index is -0.0693. The van der Waals surface area contributed by atoms with E-state index in [4.69, 9.17) is 0 Å². The largest absolute Gasteiger partial charge is 0.348 e. The fourth-order valence-corrected chi connectivity index (χ4v) is 2.97. The van der Waals surface area contributed by atoms with Crippen molar-refractivity contribution in [3.8, 4) is 11.1 Å². The molecule has 1 N–H and O–H groups in total. The van der Waals surface area contributed by atoms with Crippen molar-refractivity contribution >= 4 is 21.8 Å². The number of carbonyl (C=O) groups is 1. The minimum Gasteiger partial charge on any atom is -0.348 e. The van der Waals surface area contributed by atoms with Gasteiger partial charge in [0.2, 0.25) is 0 Å². The lowest BCUT2D eigenvalue weighted by Crippen LogP contribution is -2.23. The first kappa shape index (κ1) is 15.5. The molecule has 1 amide bonds. The highest BCUT2D eigenvalue weighted by atomic mass is 79.9. The molecule has 0 heterocycles. The number of halogens is 1. The Morgan fingerprint density at radius 2 is 1.39 bits per heavy atom. The van der Waals surface area contributed by atoms with E-state index in [-0.39, 0.29) is 5.91 Å². The van der Waals surface area contributed by atoms with Crippen molar-refractivity contribution in [2.24, 2.45) is 0 Å². The predicted octanol–water partition coefficient (Wildman–Crippen LogP) is 5.05. The van der Waals surface area contributed by atoms with E-state index in [9.17, 15) is 4.79 Å². The summed E-state index contributed by atoms with van der Waals surface area (Å²) in [6.07, 6.45) is 0. The van der Waals surface area contributed by atoms with Gasteiger partial charge in [-0.05, 0) is 28.8 Å². The first-order valence-electron chi connectivity index (χ1n) is 7.42. The second-order valence-electron chi connectivity index (χ2n) is 5.19. The van der Waals surface area contributed by atoms with Gasteiger partial charge < -0.3 is 5.32 Å². The molecule has 0 radical (unpaired) electrons. The third-order valence-electron chi connectivity index (χ3n) is 3.63. The van der Waals surface area contributed by atoms with Crippen LogP contribution >= 0.6 is 15.9 Å². The molecule has 0 saturated heterocycles. The topological polar surface area (TPSA) is 29.1 Å². The average molecular weight is 366 g/mol. The number of amides is 1. The van der Waals surface area contributed by atoms with E-state index in [2.05, 4.69) is 21.2 Å². The van der Waals surface area contributed by atoms with Crippen molar-refractivity contribution in [3.05, 3.63) is 94.5 Å². The van der Waals surface area contributed by atoms with Crippen LogP contribution in [0.3, 0.4) is 0 Å². The fraction of sp³-hybridized carbons (Fsp3) is 0.0500.